The van der Waals surface area contributed by atoms with Gasteiger partial charge in [-0.2, -0.15) is 5.10 Å². The molecule has 0 saturated carbocycles. The largest absolute Gasteiger partial charge is 0.324 e. The zero-order valence-corrected chi connectivity index (χ0v) is 15.4. The number of nitrogens with zero attached hydrogens (tertiary/aromatic N) is 3. The second-order valence-electron chi connectivity index (χ2n) is 5.80. The van der Waals surface area contributed by atoms with Gasteiger partial charge in [-0.05, 0) is 38.1 Å². The summed E-state index contributed by atoms with van der Waals surface area (Å²) in [5.74, 6) is -0.408. The van der Waals surface area contributed by atoms with Gasteiger partial charge in [-0.1, -0.05) is 23.2 Å². The van der Waals surface area contributed by atoms with Gasteiger partial charge in [-0.3, -0.25) is 4.79 Å². The molecule has 2 aromatic heterocycles. The van der Waals surface area contributed by atoms with E-state index in [2.05, 4.69) is 15.4 Å². The molecule has 0 aliphatic carbocycles. The zero-order chi connectivity index (χ0) is 19.0. The van der Waals surface area contributed by atoms with E-state index in [9.17, 15) is 13.6 Å². The lowest BCUT2D eigenvalue weighted by atomic mass is 10.1. The van der Waals surface area contributed by atoms with Gasteiger partial charge >= 0.3 is 0 Å². The molecule has 9 heteroatoms. The fourth-order valence-corrected chi connectivity index (χ4v) is 3.29. The van der Waals surface area contributed by atoms with Crippen molar-refractivity contribution in [1.82, 2.24) is 14.8 Å². The molecule has 0 spiro atoms. The van der Waals surface area contributed by atoms with Gasteiger partial charge < -0.3 is 5.32 Å². The Balaban J connectivity index is 1.92. The van der Waals surface area contributed by atoms with E-state index in [1.807, 2.05) is 0 Å². The number of halogens is 4. The van der Waals surface area contributed by atoms with Crippen LogP contribution >= 0.6 is 23.2 Å². The highest BCUT2D eigenvalue weighted by molar-refractivity contribution is 6.35. The molecule has 1 aromatic carbocycles. The minimum Gasteiger partial charge on any atom is -0.324 e. The molecular formula is C17H14Cl2F2N4O. The van der Waals surface area contributed by atoms with Gasteiger partial charge in [0.05, 0.1) is 11.1 Å². The zero-order valence-electron chi connectivity index (χ0n) is 13.9. The highest BCUT2D eigenvalue weighted by Crippen LogP contribution is 2.30. The predicted octanol–water partition coefficient (Wildman–Crippen LogP) is 4.93. The number of rotatable bonds is 4. The van der Waals surface area contributed by atoms with Crippen molar-refractivity contribution < 1.29 is 13.6 Å². The number of hydrogen-bond donors (Lipinski definition) is 1. The van der Waals surface area contributed by atoms with Gasteiger partial charge in [0.2, 0.25) is 5.91 Å². The molecule has 26 heavy (non-hydrogen) atoms. The van der Waals surface area contributed by atoms with Crippen molar-refractivity contribution in [2.24, 2.45) is 0 Å². The van der Waals surface area contributed by atoms with Gasteiger partial charge in [0.25, 0.3) is 6.43 Å². The lowest BCUT2D eigenvalue weighted by molar-refractivity contribution is -0.116. The van der Waals surface area contributed by atoms with Crippen molar-refractivity contribution in [2.45, 2.75) is 26.8 Å². The third kappa shape index (κ3) is 3.78. The van der Waals surface area contributed by atoms with Crippen LogP contribution in [-0.2, 0) is 11.3 Å². The average Bonchev–Trinajstić information content (AvgIpc) is 2.81. The topological polar surface area (TPSA) is 59.8 Å². The third-order valence-electron chi connectivity index (χ3n) is 3.71. The van der Waals surface area contributed by atoms with E-state index in [1.54, 1.807) is 32.0 Å². The SMILES string of the molecule is Cc1cc(C(F)F)c2c(C)nn(CC(=O)Nc3cc(Cl)cc(Cl)c3)c2n1. The van der Waals surface area contributed by atoms with E-state index in [-0.39, 0.29) is 23.1 Å². The van der Waals surface area contributed by atoms with Crippen LogP contribution in [0.5, 0.6) is 0 Å². The number of nitrogens with one attached hydrogen (secondary N) is 1. The maximum atomic E-state index is 13.3. The van der Waals surface area contributed by atoms with Crippen LogP contribution in [0.4, 0.5) is 14.5 Å². The van der Waals surface area contributed by atoms with Crippen molar-refractivity contribution in [1.29, 1.82) is 0 Å². The van der Waals surface area contributed by atoms with Crippen molar-refractivity contribution in [3.8, 4) is 0 Å². The van der Waals surface area contributed by atoms with Gasteiger partial charge in [0.1, 0.15) is 6.54 Å². The molecule has 0 saturated heterocycles. The second kappa shape index (κ2) is 7.17. The van der Waals surface area contributed by atoms with Crippen LogP contribution in [0.3, 0.4) is 0 Å². The number of hydrogen-bond acceptors (Lipinski definition) is 3. The number of amides is 1. The first-order chi connectivity index (χ1) is 12.2. The molecule has 5 nitrogen and oxygen atoms in total. The van der Waals surface area contributed by atoms with Gasteiger partial charge in [0, 0.05) is 27.0 Å². The molecule has 1 amide bonds. The Bertz CT molecular complexity index is 984. The minimum atomic E-state index is -2.65. The number of fused-ring (bicyclic) bond motifs is 1. The van der Waals surface area contributed by atoms with Crippen LogP contribution < -0.4 is 5.32 Å². The Labute approximate surface area is 157 Å². The summed E-state index contributed by atoms with van der Waals surface area (Å²) in [7, 11) is 0. The molecule has 3 rings (SSSR count). The van der Waals surface area contributed by atoms with Crippen LogP contribution in [0.1, 0.15) is 23.4 Å². The van der Waals surface area contributed by atoms with Crippen LogP contribution in [-0.4, -0.2) is 20.7 Å². The smallest absolute Gasteiger partial charge is 0.264 e. The summed E-state index contributed by atoms with van der Waals surface area (Å²) in [5.41, 5.74) is 1.35. The Morgan fingerprint density at radius 2 is 1.85 bits per heavy atom. The van der Waals surface area contributed by atoms with E-state index in [4.69, 9.17) is 23.2 Å². The molecule has 0 aliphatic rings. The number of carbonyl (C=O) groups excluding carboxylic acids is 1. The summed E-state index contributed by atoms with van der Waals surface area (Å²) in [6.07, 6.45) is -2.65. The van der Waals surface area contributed by atoms with Crippen LogP contribution in [0.15, 0.2) is 24.3 Å². The van der Waals surface area contributed by atoms with E-state index < -0.39 is 12.3 Å². The summed E-state index contributed by atoms with van der Waals surface area (Å²) < 4.78 is 28.0. The molecule has 1 N–H and O–H groups in total. The summed E-state index contributed by atoms with van der Waals surface area (Å²) >= 11 is 11.8. The Morgan fingerprint density at radius 3 is 2.46 bits per heavy atom. The summed E-state index contributed by atoms with van der Waals surface area (Å²) in [6.45, 7) is 3.04. The lowest BCUT2D eigenvalue weighted by Crippen LogP contribution is -2.20. The number of aryl methyl sites for hydroxylation is 2. The summed E-state index contributed by atoms with van der Waals surface area (Å²) in [5, 5.41) is 7.88. The van der Waals surface area contributed by atoms with Crippen molar-refractivity contribution in [3.05, 3.63) is 51.3 Å². The first-order valence-corrected chi connectivity index (χ1v) is 8.39. The molecule has 0 fully saturated rings. The van der Waals surface area contributed by atoms with E-state index in [1.165, 1.54) is 10.7 Å². The van der Waals surface area contributed by atoms with Crippen molar-refractivity contribution >= 4 is 45.8 Å². The van der Waals surface area contributed by atoms with E-state index >= 15 is 0 Å². The molecule has 0 aliphatic heterocycles. The number of pyridine rings is 1. The number of alkyl halides is 2. The quantitative estimate of drug-likeness (QED) is 0.677. The van der Waals surface area contributed by atoms with Crippen molar-refractivity contribution in [3.63, 3.8) is 0 Å². The Hall–Kier alpha value is -2.25. The Kier molecular flexibility index (Phi) is 5.11. The van der Waals surface area contributed by atoms with Gasteiger partial charge in [-0.25, -0.2) is 18.4 Å². The van der Waals surface area contributed by atoms with Crippen LogP contribution in [0, 0.1) is 13.8 Å². The lowest BCUT2D eigenvalue weighted by Gasteiger charge is -2.08. The molecule has 0 unspecified atom stereocenters. The monoisotopic (exact) mass is 398 g/mol. The van der Waals surface area contributed by atoms with Gasteiger partial charge in [0.15, 0.2) is 5.65 Å². The fourth-order valence-electron chi connectivity index (χ4n) is 2.76. The first kappa shape index (κ1) is 18.5. The first-order valence-electron chi connectivity index (χ1n) is 7.63. The predicted molar refractivity (Wildman–Crippen MR) is 97.1 cm³/mol. The number of anilines is 1. The minimum absolute atomic E-state index is 0.140. The highest BCUT2D eigenvalue weighted by atomic mass is 35.5. The molecule has 3 aromatic rings. The molecule has 2 heterocycles. The maximum Gasteiger partial charge on any atom is 0.264 e. The molecular weight excluding hydrogens is 385 g/mol. The molecule has 0 bridgehead atoms. The molecule has 0 radical (unpaired) electrons. The normalized spacial score (nSPS) is 11.3. The van der Waals surface area contributed by atoms with Crippen LogP contribution in [0.25, 0.3) is 11.0 Å². The third-order valence-corrected chi connectivity index (χ3v) is 4.15. The fraction of sp³-hybridized carbons (Fsp3) is 0.235. The average molecular weight is 399 g/mol. The highest BCUT2D eigenvalue weighted by Gasteiger charge is 2.20. The van der Waals surface area contributed by atoms with Gasteiger partial charge in [-0.15, -0.1) is 0 Å². The molecule has 0 atom stereocenters. The number of benzene rings is 1. The summed E-state index contributed by atoms with van der Waals surface area (Å²) in [4.78, 5) is 16.6. The Morgan fingerprint density at radius 1 is 1.19 bits per heavy atom. The number of aromatic nitrogens is 3. The standard InChI is InChI=1S/C17H14Cl2F2N4O/c1-8-3-13(16(20)21)15-9(2)24-25(17(15)22-8)7-14(26)23-12-5-10(18)4-11(19)6-12/h3-6,16H,7H2,1-2H3,(H,23,26). The maximum absolute atomic E-state index is 13.3. The molecule has 136 valence electrons. The number of carbonyl (C=O) groups is 1. The van der Waals surface area contributed by atoms with E-state index in [0.717, 1.165) is 0 Å². The van der Waals surface area contributed by atoms with Crippen LogP contribution in [0.2, 0.25) is 10.0 Å². The second-order valence-corrected chi connectivity index (χ2v) is 6.67. The van der Waals surface area contributed by atoms with Crippen molar-refractivity contribution in [2.75, 3.05) is 5.32 Å². The summed E-state index contributed by atoms with van der Waals surface area (Å²) in [6, 6.07) is 5.98. The van der Waals surface area contributed by atoms with E-state index in [0.29, 0.717) is 27.1 Å².